The van der Waals surface area contributed by atoms with Gasteiger partial charge in [-0.2, -0.15) is 0 Å². The third kappa shape index (κ3) is 3.73. The van der Waals surface area contributed by atoms with Crippen LogP contribution in [0.3, 0.4) is 0 Å². The van der Waals surface area contributed by atoms with Crippen LogP contribution in [-0.4, -0.2) is 14.9 Å². The fourth-order valence-corrected chi connectivity index (χ4v) is 3.92. The van der Waals surface area contributed by atoms with E-state index in [2.05, 4.69) is 70.3 Å². The average molecular weight is 339 g/mol. The molecule has 0 radical (unpaired) electrons. The Labute approximate surface area is 150 Å². The van der Waals surface area contributed by atoms with Crippen molar-refractivity contribution in [2.75, 3.05) is 5.32 Å². The zero-order valence-corrected chi connectivity index (χ0v) is 16.4. The molecule has 0 unspecified atom stereocenters. The van der Waals surface area contributed by atoms with Crippen LogP contribution >= 0.6 is 0 Å². The molecule has 3 heterocycles. The Hall–Kier alpha value is -2.23. The van der Waals surface area contributed by atoms with Crippen LogP contribution in [0.4, 0.5) is 5.82 Å². The van der Waals surface area contributed by atoms with E-state index in [1.54, 1.807) is 6.26 Å². The number of anilines is 1. The van der Waals surface area contributed by atoms with Crippen LogP contribution in [-0.2, 0) is 0 Å². The summed E-state index contributed by atoms with van der Waals surface area (Å²) < 4.78 is 7.85. The first-order chi connectivity index (χ1) is 11.6. The lowest BCUT2D eigenvalue weighted by molar-refractivity contribution is 0.302. The summed E-state index contributed by atoms with van der Waals surface area (Å²) in [7, 11) is 0. The number of rotatable bonds is 4. The van der Waals surface area contributed by atoms with Crippen LogP contribution in [0.25, 0.3) is 17.1 Å². The van der Waals surface area contributed by atoms with Crippen molar-refractivity contribution in [3.05, 3.63) is 41.8 Å². The molecule has 0 aromatic carbocycles. The second kappa shape index (κ2) is 5.94. The minimum absolute atomic E-state index is 0.0765. The normalized spacial score (nSPS) is 12.8. The lowest BCUT2D eigenvalue weighted by Crippen LogP contribution is -2.36. The minimum atomic E-state index is -0.0765. The molecule has 0 amide bonds. The largest absolute Gasteiger partial charge is 0.463 e. The number of fused-ring (bicyclic) bond motifs is 1. The predicted molar refractivity (Wildman–Crippen MR) is 104 cm³/mol. The van der Waals surface area contributed by atoms with Gasteiger partial charge in [0.1, 0.15) is 17.2 Å². The molecule has 1 N–H and O–H groups in total. The molecule has 0 atom stereocenters. The quantitative estimate of drug-likeness (QED) is 0.649. The maximum Gasteiger partial charge on any atom is 0.156 e. The number of furan rings is 1. The SMILES string of the molecule is Cc1cc(C)n2c(NC(C)(C)CC(C)(C)C)c(-c3ccco3)nc2c1. The van der Waals surface area contributed by atoms with E-state index in [1.165, 1.54) is 5.56 Å². The third-order valence-electron chi connectivity index (χ3n) is 4.23. The Morgan fingerprint density at radius 2 is 1.84 bits per heavy atom. The Balaban J connectivity index is 2.16. The number of hydrogen-bond acceptors (Lipinski definition) is 3. The summed E-state index contributed by atoms with van der Waals surface area (Å²) in [5.41, 5.74) is 4.33. The van der Waals surface area contributed by atoms with Gasteiger partial charge in [0, 0.05) is 11.2 Å². The van der Waals surface area contributed by atoms with Gasteiger partial charge in [0.25, 0.3) is 0 Å². The predicted octanol–water partition coefficient (Wildman–Crippen LogP) is 5.84. The van der Waals surface area contributed by atoms with Gasteiger partial charge >= 0.3 is 0 Å². The lowest BCUT2D eigenvalue weighted by atomic mass is 9.82. The van der Waals surface area contributed by atoms with Crippen molar-refractivity contribution in [2.45, 2.75) is 60.4 Å². The number of imidazole rings is 1. The van der Waals surface area contributed by atoms with E-state index in [1.807, 2.05) is 12.1 Å². The van der Waals surface area contributed by atoms with Gasteiger partial charge in [-0.25, -0.2) is 4.98 Å². The number of nitrogens with one attached hydrogen (secondary N) is 1. The molecule has 4 nitrogen and oxygen atoms in total. The molecule has 0 saturated heterocycles. The second-order valence-corrected chi connectivity index (χ2v) is 8.90. The van der Waals surface area contributed by atoms with Crippen molar-refractivity contribution in [3.8, 4) is 11.5 Å². The van der Waals surface area contributed by atoms with E-state index >= 15 is 0 Å². The fraction of sp³-hybridized carbons (Fsp3) is 0.476. The van der Waals surface area contributed by atoms with Crippen LogP contribution < -0.4 is 5.32 Å². The van der Waals surface area contributed by atoms with Crippen molar-refractivity contribution < 1.29 is 4.42 Å². The van der Waals surface area contributed by atoms with Gasteiger partial charge in [-0.1, -0.05) is 20.8 Å². The molecule has 0 aliphatic carbocycles. The first kappa shape index (κ1) is 17.6. The molecule has 3 aromatic rings. The molecule has 4 heteroatoms. The zero-order chi connectivity index (χ0) is 18.4. The van der Waals surface area contributed by atoms with Crippen molar-refractivity contribution in [1.82, 2.24) is 9.38 Å². The van der Waals surface area contributed by atoms with Crippen LogP contribution in [0.15, 0.2) is 34.9 Å². The van der Waals surface area contributed by atoms with Gasteiger partial charge in [-0.05, 0) is 69.4 Å². The van der Waals surface area contributed by atoms with Gasteiger partial charge in [-0.15, -0.1) is 0 Å². The lowest BCUT2D eigenvalue weighted by Gasteiger charge is -2.34. The van der Waals surface area contributed by atoms with E-state index in [0.717, 1.165) is 35.0 Å². The molecular formula is C21H29N3O. The third-order valence-corrected chi connectivity index (χ3v) is 4.23. The molecule has 0 spiro atoms. The summed E-state index contributed by atoms with van der Waals surface area (Å²) in [6.07, 6.45) is 2.73. The van der Waals surface area contributed by atoms with Gasteiger partial charge in [0.05, 0.1) is 6.26 Å². The van der Waals surface area contributed by atoms with Gasteiger partial charge < -0.3 is 9.73 Å². The van der Waals surface area contributed by atoms with E-state index < -0.39 is 0 Å². The number of nitrogens with zero attached hydrogens (tertiary/aromatic N) is 2. The number of pyridine rings is 1. The van der Waals surface area contributed by atoms with Crippen molar-refractivity contribution in [2.24, 2.45) is 5.41 Å². The summed E-state index contributed by atoms with van der Waals surface area (Å²) in [6.45, 7) is 15.5. The van der Waals surface area contributed by atoms with Crippen molar-refractivity contribution in [3.63, 3.8) is 0 Å². The van der Waals surface area contributed by atoms with Crippen LogP contribution in [0.1, 0.15) is 52.3 Å². The zero-order valence-electron chi connectivity index (χ0n) is 16.4. The molecule has 0 fully saturated rings. The van der Waals surface area contributed by atoms with E-state index in [0.29, 0.717) is 0 Å². The van der Waals surface area contributed by atoms with Crippen molar-refractivity contribution >= 4 is 11.5 Å². The van der Waals surface area contributed by atoms with E-state index in [9.17, 15) is 0 Å². The van der Waals surface area contributed by atoms with Crippen molar-refractivity contribution in [1.29, 1.82) is 0 Å². The van der Waals surface area contributed by atoms with Crippen LogP contribution in [0.5, 0.6) is 0 Å². The maximum absolute atomic E-state index is 5.66. The summed E-state index contributed by atoms with van der Waals surface area (Å²) >= 11 is 0. The smallest absolute Gasteiger partial charge is 0.156 e. The Bertz CT molecular complexity index is 880. The summed E-state index contributed by atoms with van der Waals surface area (Å²) in [4.78, 5) is 4.86. The molecular weight excluding hydrogens is 310 g/mol. The first-order valence-electron chi connectivity index (χ1n) is 8.88. The topological polar surface area (TPSA) is 42.5 Å². The maximum atomic E-state index is 5.66. The number of hydrogen-bond donors (Lipinski definition) is 1. The fourth-order valence-electron chi connectivity index (χ4n) is 3.92. The highest BCUT2D eigenvalue weighted by Crippen LogP contribution is 2.35. The van der Waals surface area contributed by atoms with Crippen LogP contribution in [0.2, 0.25) is 0 Å². The highest BCUT2D eigenvalue weighted by molar-refractivity contribution is 5.74. The van der Waals surface area contributed by atoms with E-state index in [-0.39, 0.29) is 11.0 Å². The highest BCUT2D eigenvalue weighted by Gasteiger charge is 2.28. The second-order valence-electron chi connectivity index (χ2n) is 8.90. The molecule has 134 valence electrons. The van der Waals surface area contributed by atoms with Crippen LogP contribution in [0, 0.1) is 19.3 Å². The number of aromatic nitrogens is 2. The summed E-state index contributed by atoms with van der Waals surface area (Å²) in [5.74, 6) is 1.78. The Kier molecular flexibility index (Phi) is 4.18. The first-order valence-corrected chi connectivity index (χ1v) is 8.88. The summed E-state index contributed by atoms with van der Waals surface area (Å²) in [5, 5.41) is 3.76. The molecule has 0 aliphatic heterocycles. The van der Waals surface area contributed by atoms with Gasteiger partial charge in [-0.3, -0.25) is 4.40 Å². The molecule has 3 rings (SSSR count). The highest BCUT2D eigenvalue weighted by atomic mass is 16.3. The standard InChI is InChI=1S/C21H29N3O/c1-14-11-15(2)24-17(12-14)22-18(16-9-8-10-25-16)19(24)23-21(6,7)13-20(3,4)5/h8-12,23H,13H2,1-7H3. The Morgan fingerprint density at radius 3 is 2.44 bits per heavy atom. The van der Waals surface area contributed by atoms with Gasteiger partial charge in [0.15, 0.2) is 5.76 Å². The average Bonchev–Trinajstić information content (AvgIpc) is 3.02. The molecule has 3 aromatic heterocycles. The monoisotopic (exact) mass is 339 g/mol. The minimum Gasteiger partial charge on any atom is -0.463 e. The molecule has 0 bridgehead atoms. The number of aryl methyl sites for hydroxylation is 2. The Morgan fingerprint density at radius 1 is 1.12 bits per heavy atom. The van der Waals surface area contributed by atoms with E-state index in [4.69, 9.17) is 9.40 Å². The van der Waals surface area contributed by atoms with Gasteiger partial charge in [0.2, 0.25) is 0 Å². The molecule has 0 saturated carbocycles. The molecule has 0 aliphatic rings. The summed E-state index contributed by atoms with van der Waals surface area (Å²) in [6, 6.07) is 8.16. The molecule has 25 heavy (non-hydrogen) atoms.